The van der Waals surface area contributed by atoms with E-state index in [0.717, 1.165) is 44.8 Å². The minimum absolute atomic E-state index is 0.310. The molecule has 1 heterocycles. The lowest BCUT2D eigenvalue weighted by molar-refractivity contribution is 1.26. The molecule has 4 rings (SSSR count). The minimum atomic E-state index is 0.310. The summed E-state index contributed by atoms with van der Waals surface area (Å²) in [5, 5.41) is 18.8. The summed E-state index contributed by atoms with van der Waals surface area (Å²) in [7, 11) is 0. The Labute approximate surface area is 176 Å². The van der Waals surface area contributed by atoms with E-state index in [1.165, 1.54) is 0 Å². The highest BCUT2D eigenvalue weighted by Crippen LogP contribution is 2.33. The van der Waals surface area contributed by atoms with Gasteiger partial charge in [-0.2, -0.15) is 10.5 Å². The molecule has 4 aromatic rings. The Morgan fingerprint density at radius 2 is 0.867 bits per heavy atom. The molecule has 0 aliphatic rings. The summed E-state index contributed by atoms with van der Waals surface area (Å²) >= 11 is 0. The van der Waals surface area contributed by atoms with Crippen LogP contribution in [0.3, 0.4) is 0 Å². The molecule has 0 atom stereocenters. The maximum Gasteiger partial charge on any atom is 0.101 e. The Hall–Kier alpha value is -4.02. The largest absolute Gasteiger partial charge is 0.244 e. The predicted octanol–water partition coefficient (Wildman–Crippen LogP) is 5.94. The number of fused-ring (bicyclic) bond motifs is 1. The SMILES string of the molecule is Cc1cc(C)cc(-c2nc3cc(C#N)c(C#N)cc3nc2-c2cc(C)cc(C)c2)c1. The molecular formula is C26H20N4. The first kappa shape index (κ1) is 19.3. The molecule has 0 aliphatic heterocycles. The van der Waals surface area contributed by atoms with Gasteiger partial charge in [0.25, 0.3) is 0 Å². The molecule has 4 nitrogen and oxygen atoms in total. The number of aryl methyl sites for hydroxylation is 4. The first-order valence-corrected chi connectivity index (χ1v) is 9.71. The molecule has 0 fully saturated rings. The molecule has 0 saturated carbocycles. The number of hydrogen-bond acceptors (Lipinski definition) is 4. The zero-order chi connectivity index (χ0) is 21.4. The van der Waals surface area contributed by atoms with Crippen molar-refractivity contribution < 1.29 is 0 Å². The molecule has 0 bridgehead atoms. The van der Waals surface area contributed by atoms with Crippen LogP contribution < -0.4 is 0 Å². The van der Waals surface area contributed by atoms with E-state index in [9.17, 15) is 10.5 Å². The highest BCUT2D eigenvalue weighted by Gasteiger charge is 2.16. The van der Waals surface area contributed by atoms with Gasteiger partial charge >= 0.3 is 0 Å². The average Bonchev–Trinajstić information content (AvgIpc) is 2.70. The fraction of sp³-hybridized carbons (Fsp3) is 0.154. The van der Waals surface area contributed by atoms with E-state index in [-0.39, 0.29) is 0 Å². The standard InChI is InChI=1S/C26H20N4/c1-15-5-16(2)8-19(7-15)25-26(20-9-17(3)6-18(4)10-20)30-24-12-22(14-28)21(13-27)11-23(24)29-25/h5-12H,1-4H3. The van der Waals surface area contributed by atoms with Gasteiger partial charge in [0.15, 0.2) is 0 Å². The van der Waals surface area contributed by atoms with Crippen molar-refractivity contribution >= 4 is 11.0 Å². The molecule has 0 aliphatic carbocycles. The van der Waals surface area contributed by atoms with E-state index in [1.54, 1.807) is 12.1 Å². The fourth-order valence-corrected chi connectivity index (χ4v) is 3.91. The Balaban J connectivity index is 2.11. The van der Waals surface area contributed by atoms with Crippen molar-refractivity contribution in [2.45, 2.75) is 27.7 Å². The number of benzene rings is 3. The van der Waals surface area contributed by atoms with Gasteiger partial charge in [-0.25, -0.2) is 9.97 Å². The van der Waals surface area contributed by atoms with Gasteiger partial charge in [0, 0.05) is 11.1 Å². The van der Waals surface area contributed by atoms with Crippen molar-refractivity contribution in [3.8, 4) is 34.7 Å². The Kier molecular flexibility index (Phi) is 4.78. The van der Waals surface area contributed by atoms with Crippen molar-refractivity contribution in [2.75, 3.05) is 0 Å². The van der Waals surface area contributed by atoms with Gasteiger partial charge in [0.1, 0.15) is 12.1 Å². The van der Waals surface area contributed by atoms with E-state index in [1.807, 2.05) is 0 Å². The number of aromatic nitrogens is 2. The van der Waals surface area contributed by atoms with Gasteiger partial charge < -0.3 is 0 Å². The van der Waals surface area contributed by atoms with Crippen LogP contribution in [0.5, 0.6) is 0 Å². The van der Waals surface area contributed by atoms with E-state index in [2.05, 4.69) is 76.2 Å². The third-order valence-corrected chi connectivity index (χ3v) is 5.03. The molecule has 1 aromatic heterocycles. The summed E-state index contributed by atoms with van der Waals surface area (Å²) in [6.45, 7) is 8.26. The monoisotopic (exact) mass is 388 g/mol. The second kappa shape index (κ2) is 7.43. The highest BCUT2D eigenvalue weighted by molar-refractivity contribution is 5.88. The summed E-state index contributed by atoms with van der Waals surface area (Å²) in [5.74, 6) is 0. The number of hydrogen-bond donors (Lipinski definition) is 0. The molecule has 0 spiro atoms. The molecule has 0 N–H and O–H groups in total. The average molecular weight is 388 g/mol. The van der Waals surface area contributed by atoms with Crippen molar-refractivity contribution in [2.24, 2.45) is 0 Å². The highest BCUT2D eigenvalue weighted by atomic mass is 14.8. The summed E-state index contributed by atoms with van der Waals surface area (Å²) in [5.41, 5.74) is 9.94. The molecule has 0 saturated heterocycles. The smallest absolute Gasteiger partial charge is 0.101 e. The quantitative estimate of drug-likeness (QED) is 0.426. The van der Waals surface area contributed by atoms with Crippen LogP contribution in [0.15, 0.2) is 48.5 Å². The van der Waals surface area contributed by atoms with E-state index >= 15 is 0 Å². The Bertz CT molecular complexity index is 1250. The Morgan fingerprint density at radius 3 is 1.17 bits per heavy atom. The molecule has 0 unspecified atom stereocenters. The zero-order valence-corrected chi connectivity index (χ0v) is 17.4. The maximum atomic E-state index is 9.41. The summed E-state index contributed by atoms with van der Waals surface area (Å²) in [6, 6.07) is 20.1. The van der Waals surface area contributed by atoms with E-state index in [0.29, 0.717) is 22.2 Å². The van der Waals surface area contributed by atoms with E-state index in [4.69, 9.17) is 9.97 Å². The van der Waals surface area contributed by atoms with Crippen LogP contribution in [-0.4, -0.2) is 9.97 Å². The summed E-state index contributed by atoms with van der Waals surface area (Å²) in [4.78, 5) is 9.85. The third-order valence-electron chi connectivity index (χ3n) is 5.03. The van der Waals surface area contributed by atoms with Crippen molar-refractivity contribution in [3.05, 3.63) is 81.9 Å². The molecule has 144 valence electrons. The summed E-state index contributed by atoms with van der Waals surface area (Å²) in [6.07, 6.45) is 0. The van der Waals surface area contributed by atoms with Gasteiger partial charge in [-0.05, 0) is 64.1 Å². The van der Waals surface area contributed by atoms with Gasteiger partial charge in [-0.15, -0.1) is 0 Å². The van der Waals surface area contributed by atoms with Crippen LogP contribution in [0.2, 0.25) is 0 Å². The van der Waals surface area contributed by atoms with Crippen molar-refractivity contribution in [3.63, 3.8) is 0 Å². The predicted molar refractivity (Wildman–Crippen MR) is 119 cm³/mol. The minimum Gasteiger partial charge on any atom is -0.244 e. The molecule has 30 heavy (non-hydrogen) atoms. The van der Waals surface area contributed by atoms with Crippen LogP contribution in [-0.2, 0) is 0 Å². The molecule has 0 amide bonds. The van der Waals surface area contributed by atoms with Crippen LogP contribution in [0.4, 0.5) is 0 Å². The van der Waals surface area contributed by atoms with Gasteiger partial charge in [-0.1, -0.05) is 34.4 Å². The lowest BCUT2D eigenvalue weighted by Crippen LogP contribution is -1.98. The van der Waals surface area contributed by atoms with Gasteiger partial charge in [0.05, 0.1) is 33.5 Å². The van der Waals surface area contributed by atoms with Crippen LogP contribution in [0.1, 0.15) is 33.4 Å². The van der Waals surface area contributed by atoms with Crippen molar-refractivity contribution in [1.29, 1.82) is 10.5 Å². The van der Waals surface area contributed by atoms with Crippen LogP contribution in [0, 0.1) is 50.4 Å². The van der Waals surface area contributed by atoms with E-state index < -0.39 is 0 Å². The second-order valence-corrected chi connectivity index (χ2v) is 7.78. The topological polar surface area (TPSA) is 73.4 Å². The first-order chi connectivity index (χ1) is 14.4. The van der Waals surface area contributed by atoms with Crippen LogP contribution >= 0.6 is 0 Å². The lowest BCUT2D eigenvalue weighted by atomic mass is 9.97. The lowest BCUT2D eigenvalue weighted by Gasteiger charge is -2.13. The normalized spacial score (nSPS) is 10.6. The number of rotatable bonds is 2. The molecule has 0 radical (unpaired) electrons. The molecular weight excluding hydrogens is 368 g/mol. The molecule has 3 aromatic carbocycles. The van der Waals surface area contributed by atoms with Crippen LogP contribution in [0.25, 0.3) is 33.5 Å². The molecule has 4 heteroatoms. The number of nitrogens with zero attached hydrogens (tertiary/aromatic N) is 4. The maximum absolute atomic E-state index is 9.41. The first-order valence-electron chi connectivity index (χ1n) is 9.71. The van der Waals surface area contributed by atoms with Gasteiger partial charge in [-0.3, -0.25) is 0 Å². The Morgan fingerprint density at radius 1 is 0.533 bits per heavy atom. The second-order valence-electron chi connectivity index (χ2n) is 7.78. The van der Waals surface area contributed by atoms with Crippen molar-refractivity contribution in [1.82, 2.24) is 9.97 Å². The zero-order valence-electron chi connectivity index (χ0n) is 17.4. The number of nitriles is 2. The summed E-state index contributed by atoms with van der Waals surface area (Å²) < 4.78 is 0. The van der Waals surface area contributed by atoms with Gasteiger partial charge in [0.2, 0.25) is 0 Å². The third kappa shape index (κ3) is 3.52. The fourth-order valence-electron chi connectivity index (χ4n) is 3.91.